The molecule has 0 aliphatic carbocycles. The van der Waals surface area contributed by atoms with Crippen molar-refractivity contribution < 1.29 is 4.42 Å². The summed E-state index contributed by atoms with van der Waals surface area (Å²) >= 11 is 0. The zero-order valence-electron chi connectivity index (χ0n) is 9.49. The fourth-order valence-electron chi connectivity index (χ4n) is 2.05. The first-order valence-electron chi connectivity index (χ1n) is 5.79. The van der Waals surface area contributed by atoms with Crippen LogP contribution >= 0.6 is 0 Å². The van der Waals surface area contributed by atoms with E-state index in [1.807, 2.05) is 18.4 Å². The largest absolute Gasteiger partial charge is 0.464 e. The number of benzene rings is 1. The second-order valence-corrected chi connectivity index (χ2v) is 4.23. The Morgan fingerprint density at radius 2 is 2.07 bits per heavy atom. The van der Waals surface area contributed by atoms with Gasteiger partial charge in [0.15, 0.2) is 0 Å². The van der Waals surface area contributed by atoms with Crippen molar-refractivity contribution in [1.82, 2.24) is 0 Å². The van der Waals surface area contributed by atoms with Crippen LogP contribution in [0.15, 0.2) is 34.9 Å². The number of unbranched alkanes of at least 4 members (excludes halogenated alkanes) is 1. The van der Waals surface area contributed by atoms with Crippen LogP contribution in [0, 0.1) is 0 Å². The van der Waals surface area contributed by atoms with Gasteiger partial charge in [-0.05, 0) is 18.4 Å². The molecule has 1 heteroatoms. The van der Waals surface area contributed by atoms with E-state index < -0.39 is 0 Å². The Morgan fingerprint density at radius 3 is 2.87 bits per heavy atom. The molecule has 0 amide bonds. The number of hydrogen-bond donors (Lipinski definition) is 0. The highest BCUT2D eigenvalue weighted by molar-refractivity contribution is 5.81. The molecule has 0 bridgehead atoms. The van der Waals surface area contributed by atoms with Gasteiger partial charge in [0.25, 0.3) is 0 Å². The highest BCUT2D eigenvalue weighted by atomic mass is 16.3. The van der Waals surface area contributed by atoms with E-state index in [0.29, 0.717) is 5.92 Å². The first kappa shape index (κ1) is 10.3. The first-order valence-corrected chi connectivity index (χ1v) is 5.79. The Balaban J connectivity index is 2.27. The van der Waals surface area contributed by atoms with Gasteiger partial charge in [0.05, 0.1) is 6.26 Å². The summed E-state index contributed by atoms with van der Waals surface area (Å²) in [6, 6.07) is 8.28. The van der Waals surface area contributed by atoms with Crippen LogP contribution in [0.5, 0.6) is 0 Å². The smallest absolute Gasteiger partial charge is 0.134 e. The van der Waals surface area contributed by atoms with Crippen LogP contribution in [0.25, 0.3) is 11.0 Å². The summed E-state index contributed by atoms with van der Waals surface area (Å²) in [4.78, 5) is 0. The Kier molecular flexibility index (Phi) is 3.10. The van der Waals surface area contributed by atoms with Crippen LogP contribution in [0.1, 0.15) is 44.6 Å². The summed E-state index contributed by atoms with van der Waals surface area (Å²) < 4.78 is 5.55. The van der Waals surface area contributed by atoms with E-state index in [9.17, 15) is 0 Å². The summed E-state index contributed by atoms with van der Waals surface area (Å²) in [5.74, 6) is 0.605. The monoisotopic (exact) mass is 202 g/mol. The minimum atomic E-state index is 0.605. The second kappa shape index (κ2) is 4.52. The zero-order valence-corrected chi connectivity index (χ0v) is 9.49. The van der Waals surface area contributed by atoms with Crippen molar-refractivity contribution in [3.05, 3.63) is 36.1 Å². The van der Waals surface area contributed by atoms with Crippen LogP contribution in [0.2, 0.25) is 0 Å². The van der Waals surface area contributed by atoms with E-state index in [0.717, 1.165) is 5.58 Å². The Bertz CT molecular complexity index is 428. The first-order chi connectivity index (χ1) is 7.33. The molecule has 1 aromatic heterocycles. The minimum absolute atomic E-state index is 0.605. The summed E-state index contributed by atoms with van der Waals surface area (Å²) in [6.45, 7) is 4.52. The molecule has 1 heterocycles. The maximum Gasteiger partial charge on any atom is 0.134 e. The molecule has 0 N–H and O–H groups in total. The zero-order chi connectivity index (χ0) is 10.7. The van der Waals surface area contributed by atoms with Gasteiger partial charge in [0.1, 0.15) is 5.58 Å². The molecule has 0 aliphatic rings. The lowest BCUT2D eigenvalue weighted by atomic mass is 9.95. The van der Waals surface area contributed by atoms with Gasteiger partial charge in [-0.1, -0.05) is 44.9 Å². The van der Waals surface area contributed by atoms with Crippen LogP contribution in [0.4, 0.5) is 0 Å². The number of furan rings is 1. The topological polar surface area (TPSA) is 13.1 Å². The Hall–Kier alpha value is -1.24. The molecule has 15 heavy (non-hydrogen) atoms. The predicted octanol–water partition coefficient (Wildman–Crippen LogP) is 4.73. The number of fused-ring (bicyclic) bond motifs is 1. The standard InChI is InChI=1S/C14H18O/c1-3-4-7-11(2)13-10-15-14-9-6-5-8-12(13)14/h5-6,8-11H,3-4,7H2,1-2H3/t11-/m0/s1. The summed E-state index contributed by atoms with van der Waals surface area (Å²) in [7, 11) is 0. The quantitative estimate of drug-likeness (QED) is 0.698. The van der Waals surface area contributed by atoms with Crippen LogP contribution in [-0.4, -0.2) is 0 Å². The third-order valence-corrected chi connectivity index (χ3v) is 3.03. The van der Waals surface area contributed by atoms with Crippen molar-refractivity contribution in [3.63, 3.8) is 0 Å². The third kappa shape index (κ3) is 2.06. The maximum absolute atomic E-state index is 5.55. The Morgan fingerprint density at radius 1 is 1.27 bits per heavy atom. The van der Waals surface area contributed by atoms with Crippen molar-refractivity contribution in [1.29, 1.82) is 0 Å². The number of rotatable bonds is 4. The average Bonchev–Trinajstić information content (AvgIpc) is 2.69. The molecule has 80 valence electrons. The maximum atomic E-state index is 5.55. The van der Waals surface area contributed by atoms with Crippen molar-refractivity contribution in [3.8, 4) is 0 Å². The molecule has 0 unspecified atom stereocenters. The van der Waals surface area contributed by atoms with Gasteiger partial charge in [-0.15, -0.1) is 0 Å². The fraction of sp³-hybridized carbons (Fsp3) is 0.429. The van der Waals surface area contributed by atoms with E-state index in [1.54, 1.807) is 0 Å². The average molecular weight is 202 g/mol. The van der Waals surface area contributed by atoms with E-state index >= 15 is 0 Å². The molecule has 1 atom stereocenters. The fourth-order valence-corrected chi connectivity index (χ4v) is 2.05. The van der Waals surface area contributed by atoms with Crippen LogP contribution < -0.4 is 0 Å². The molecule has 1 aromatic carbocycles. The molecule has 0 fully saturated rings. The normalized spacial score (nSPS) is 13.2. The minimum Gasteiger partial charge on any atom is -0.464 e. The van der Waals surface area contributed by atoms with E-state index in [1.165, 1.54) is 30.2 Å². The molecule has 1 nitrogen and oxygen atoms in total. The summed E-state index contributed by atoms with van der Waals surface area (Å²) in [5, 5.41) is 1.28. The molecule has 2 rings (SSSR count). The highest BCUT2D eigenvalue weighted by Gasteiger charge is 2.11. The van der Waals surface area contributed by atoms with Gasteiger partial charge < -0.3 is 4.42 Å². The molecule has 0 spiro atoms. The van der Waals surface area contributed by atoms with E-state index in [-0.39, 0.29) is 0 Å². The molecule has 0 radical (unpaired) electrons. The van der Waals surface area contributed by atoms with Gasteiger partial charge in [0, 0.05) is 10.9 Å². The van der Waals surface area contributed by atoms with Gasteiger partial charge in [0.2, 0.25) is 0 Å². The van der Waals surface area contributed by atoms with Gasteiger partial charge in [-0.2, -0.15) is 0 Å². The molecule has 0 saturated heterocycles. The SMILES string of the molecule is CCCC[C@H](C)c1coc2ccccc12. The van der Waals surface area contributed by atoms with E-state index in [2.05, 4.69) is 26.0 Å². The predicted molar refractivity (Wildman–Crippen MR) is 64.2 cm³/mol. The molecule has 0 aliphatic heterocycles. The number of hydrogen-bond acceptors (Lipinski definition) is 1. The summed E-state index contributed by atoms with van der Waals surface area (Å²) in [6.07, 6.45) is 5.73. The molecular weight excluding hydrogens is 184 g/mol. The lowest BCUT2D eigenvalue weighted by Gasteiger charge is -2.08. The highest BCUT2D eigenvalue weighted by Crippen LogP contribution is 2.30. The van der Waals surface area contributed by atoms with Gasteiger partial charge >= 0.3 is 0 Å². The van der Waals surface area contributed by atoms with Crippen molar-refractivity contribution in [2.45, 2.75) is 39.0 Å². The molecule has 0 saturated carbocycles. The van der Waals surface area contributed by atoms with Crippen LogP contribution in [-0.2, 0) is 0 Å². The number of para-hydroxylation sites is 1. The van der Waals surface area contributed by atoms with Crippen molar-refractivity contribution in [2.24, 2.45) is 0 Å². The molecular formula is C14H18O. The third-order valence-electron chi connectivity index (χ3n) is 3.03. The van der Waals surface area contributed by atoms with Crippen LogP contribution in [0.3, 0.4) is 0 Å². The van der Waals surface area contributed by atoms with Crippen molar-refractivity contribution in [2.75, 3.05) is 0 Å². The lowest BCUT2D eigenvalue weighted by molar-refractivity contribution is 0.584. The Labute approximate surface area is 91.1 Å². The van der Waals surface area contributed by atoms with E-state index in [4.69, 9.17) is 4.42 Å². The van der Waals surface area contributed by atoms with Gasteiger partial charge in [-0.3, -0.25) is 0 Å². The van der Waals surface area contributed by atoms with Crippen molar-refractivity contribution >= 4 is 11.0 Å². The second-order valence-electron chi connectivity index (χ2n) is 4.23. The summed E-state index contributed by atoms with van der Waals surface area (Å²) in [5.41, 5.74) is 2.37. The molecule has 2 aromatic rings. The van der Waals surface area contributed by atoms with Gasteiger partial charge in [-0.25, -0.2) is 0 Å². The lowest BCUT2D eigenvalue weighted by Crippen LogP contribution is -1.91.